The molecule has 2 aliphatic heterocycles. The Balaban J connectivity index is 1.61. The van der Waals surface area contributed by atoms with Crippen LogP contribution in [0.25, 0.3) is 0 Å². The van der Waals surface area contributed by atoms with E-state index < -0.39 is 60.9 Å². The summed E-state index contributed by atoms with van der Waals surface area (Å²) in [6, 6.07) is 0. The molecule has 1 aliphatic carbocycles. The van der Waals surface area contributed by atoms with Gasteiger partial charge in [0.05, 0.1) is 25.4 Å². The van der Waals surface area contributed by atoms with Gasteiger partial charge in [0.25, 0.3) is 0 Å². The first-order valence-corrected chi connectivity index (χ1v) is 10.8. The van der Waals surface area contributed by atoms with E-state index in [1.807, 2.05) is 13.8 Å². The van der Waals surface area contributed by atoms with Crippen LogP contribution in [0.3, 0.4) is 0 Å². The fraction of sp³-hybridized carbons (Fsp3) is 0.905. The lowest BCUT2D eigenvalue weighted by Crippen LogP contribution is -2.61. The molecule has 3 aliphatic rings. The fourth-order valence-electron chi connectivity index (χ4n) is 4.27. The van der Waals surface area contributed by atoms with E-state index in [0.717, 1.165) is 19.3 Å². The van der Waals surface area contributed by atoms with Crippen molar-refractivity contribution < 1.29 is 49.6 Å². The summed E-state index contributed by atoms with van der Waals surface area (Å²) in [6.45, 7) is 4.57. The molecule has 0 aromatic carbocycles. The Morgan fingerprint density at radius 2 is 1.84 bits per heavy atom. The number of rotatable bonds is 7. The van der Waals surface area contributed by atoms with Crippen LogP contribution in [-0.2, 0) is 18.9 Å². The van der Waals surface area contributed by atoms with Crippen molar-refractivity contribution in [3.05, 3.63) is 11.6 Å². The quantitative estimate of drug-likeness (QED) is 0.261. The second-order valence-corrected chi connectivity index (χ2v) is 9.48. The van der Waals surface area contributed by atoms with Crippen LogP contribution in [-0.4, -0.2) is 105 Å². The zero-order valence-corrected chi connectivity index (χ0v) is 18.3. The van der Waals surface area contributed by atoms with Gasteiger partial charge in [-0.3, -0.25) is 0 Å². The van der Waals surface area contributed by atoms with Gasteiger partial charge in [-0.25, -0.2) is 0 Å². The molecule has 0 aromatic heterocycles. The summed E-state index contributed by atoms with van der Waals surface area (Å²) in [5.41, 5.74) is -1.16. The van der Waals surface area contributed by atoms with Gasteiger partial charge < -0.3 is 49.6 Å². The summed E-state index contributed by atoms with van der Waals surface area (Å²) in [5.74, 6) is 0.198. The molecule has 10 nitrogen and oxygen atoms in total. The molecule has 31 heavy (non-hydrogen) atoms. The highest BCUT2D eigenvalue weighted by Gasteiger charge is 2.50. The van der Waals surface area contributed by atoms with Crippen LogP contribution in [0.1, 0.15) is 40.0 Å². The third kappa shape index (κ3) is 5.30. The molecule has 0 radical (unpaired) electrons. The van der Waals surface area contributed by atoms with Crippen molar-refractivity contribution in [1.29, 1.82) is 0 Å². The van der Waals surface area contributed by atoms with E-state index in [4.69, 9.17) is 18.9 Å². The van der Waals surface area contributed by atoms with E-state index in [0.29, 0.717) is 0 Å². The van der Waals surface area contributed by atoms with Gasteiger partial charge in [0.15, 0.2) is 12.6 Å². The molecule has 2 fully saturated rings. The monoisotopic (exact) mass is 448 g/mol. The average Bonchev–Trinajstić information content (AvgIpc) is 3.02. The first-order valence-electron chi connectivity index (χ1n) is 10.8. The van der Waals surface area contributed by atoms with E-state index in [-0.39, 0.29) is 19.1 Å². The molecular formula is C21H36O10. The average molecular weight is 449 g/mol. The highest BCUT2D eigenvalue weighted by molar-refractivity contribution is 5.05. The van der Waals surface area contributed by atoms with Gasteiger partial charge in [-0.2, -0.15) is 0 Å². The number of aliphatic hydroxyl groups is 6. The Labute approximate surface area is 182 Å². The van der Waals surface area contributed by atoms with Crippen molar-refractivity contribution >= 4 is 0 Å². The predicted octanol–water partition coefficient (Wildman–Crippen LogP) is -1.21. The molecule has 9 atom stereocenters. The minimum Gasteiger partial charge on any atom is -0.393 e. The first kappa shape index (κ1) is 25.0. The molecule has 0 aromatic rings. The van der Waals surface area contributed by atoms with Gasteiger partial charge in [0.1, 0.15) is 36.1 Å². The minimum absolute atomic E-state index is 0.198. The Kier molecular flexibility index (Phi) is 7.80. The fourth-order valence-corrected chi connectivity index (χ4v) is 4.27. The number of hydrogen-bond donors (Lipinski definition) is 6. The van der Waals surface area contributed by atoms with Crippen LogP contribution in [0, 0.1) is 5.92 Å². The predicted molar refractivity (Wildman–Crippen MR) is 107 cm³/mol. The minimum atomic E-state index is -1.84. The van der Waals surface area contributed by atoms with Crippen molar-refractivity contribution in [2.24, 2.45) is 5.92 Å². The standard InChI is InChI=1S/C21H36O10/c1-11-4-6-12(7-5-11)20(2,3)31-18-16(25)15(24)14(23)13(30-18)8-28-19-17(26)21(27,9-22)10-29-19/h4,12-19,22-27H,5-10H2,1-3H3. The molecule has 180 valence electrons. The Morgan fingerprint density at radius 1 is 1.13 bits per heavy atom. The van der Waals surface area contributed by atoms with Gasteiger partial charge in [-0.05, 0) is 46.0 Å². The van der Waals surface area contributed by atoms with Crippen molar-refractivity contribution in [2.45, 2.75) is 94.3 Å². The summed E-state index contributed by atoms with van der Waals surface area (Å²) in [4.78, 5) is 0. The van der Waals surface area contributed by atoms with Gasteiger partial charge in [0.2, 0.25) is 0 Å². The molecule has 0 spiro atoms. The van der Waals surface area contributed by atoms with Crippen molar-refractivity contribution in [3.8, 4) is 0 Å². The lowest BCUT2D eigenvalue weighted by molar-refractivity contribution is -0.334. The summed E-state index contributed by atoms with van der Waals surface area (Å²) >= 11 is 0. The van der Waals surface area contributed by atoms with E-state index >= 15 is 0 Å². The summed E-state index contributed by atoms with van der Waals surface area (Å²) < 4.78 is 22.4. The molecule has 2 saturated heterocycles. The van der Waals surface area contributed by atoms with Crippen LogP contribution in [0.4, 0.5) is 0 Å². The second kappa shape index (κ2) is 9.68. The van der Waals surface area contributed by atoms with E-state index in [1.165, 1.54) is 5.57 Å². The maximum Gasteiger partial charge on any atom is 0.187 e. The molecule has 2 heterocycles. The number of aliphatic hydroxyl groups excluding tert-OH is 5. The Bertz CT molecular complexity index is 640. The molecule has 6 N–H and O–H groups in total. The zero-order chi connectivity index (χ0) is 23.0. The van der Waals surface area contributed by atoms with Crippen molar-refractivity contribution in [2.75, 3.05) is 19.8 Å². The maximum atomic E-state index is 10.4. The molecular weight excluding hydrogens is 412 g/mol. The van der Waals surface area contributed by atoms with Crippen LogP contribution in [0.2, 0.25) is 0 Å². The maximum absolute atomic E-state index is 10.4. The van der Waals surface area contributed by atoms with Gasteiger partial charge in [-0.1, -0.05) is 11.6 Å². The zero-order valence-electron chi connectivity index (χ0n) is 18.3. The van der Waals surface area contributed by atoms with Crippen LogP contribution >= 0.6 is 0 Å². The number of allylic oxidation sites excluding steroid dienone is 2. The summed E-state index contributed by atoms with van der Waals surface area (Å²) in [5, 5.41) is 60.4. The highest BCUT2D eigenvalue weighted by Crippen LogP contribution is 2.37. The third-order valence-electron chi connectivity index (χ3n) is 6.71. The molecule has 0 bridgehead atoms. The van der Waals surface area contributed by atoms with E-state index in [2.05, 4.69) is 13.0 Å². The molecule has 3 rings (SSSR count). The lowest BCUT2D eigenvalue weighted by Gasteiger charge is -2.45. The van der Waals surface area contributed by atoms with Gasteiger partial charge in [-0.15, -0.1) is 0 Å². The van der Waals surface area contributed by atoms with Crippen molar-refractivity contribution in [3.63, 3.8) is 0 Å². The van der Waals surface area contributed by atoms with Crippen molar-refractivity contribution in [1.82, 2.24) is 0 Å². The largest absolute Gasteiger partial charge is 0.393 e. The highest BCUT2D eigenvalue weighted by atomic mass is 16.7. The van der Waals surface area contributed by atoms with Gasteiger partial charge >= 0.3 is 0 Å². The lowest BCUT2D eigenvalue weighted by atomic mass is 9.79. The Morgan fingerprint density at radius 3 is 2.42 bits per heavy atom. The molecule has 0 saturated carbocycles. The molecule has 10 heteroatoms. The second-order valence-electron chi connectivity index (χ2n) is 9.48. The number of ether oxygens (including phenoxy) is 4. The smallest absolute Gasteiger partial charge is 0.187 e. The summed E-state index contributed by atoms with van der Waals surface area (Å²) in [7, 11) is 0. The normalized spacial score (nSPS) is 44.4. The molecule has 0 amide bonds. The van der Waals surface area contributed by atoms with Crippen LogP contribution in [0.15, 0.2) is 11.6 Å². The topological polar surface area (TPSA) is 158 Å². The van der Waals surface area contributed by atoms with Crippen LogP contribution < -0.4 is 0 Å². The van der Waals surface area contributed by atoms with E-state index in [1.54, 1.807) is 0 Å². The first-order chi connectivity index (χ1) is 14.5. The molecule has 9 unspecified atom stereocenters. The van der Waals surface area contributed by atoms with Gasteiger partial charge in [0, 0.05) is 0 Å². The Hall–Kier alpha value is -0.660. The van der Waals surface area contributed by atoms with Crippen LogP contribution in [0.5, 0.6) is 0 Å². The third-order valence-corrected chi connectivity index (χ3v) is 6.71. The number of hydrogen-bond acceptors (Lipinski definition) is 10. The van der Waals surface area contributed by atoms with E-state index in [9.17, 15) is 30.6 Å². The summed E-state index contributed by atoms with van der Waals surface area (Å²) in [6.07, 6.45) is -4.56. The SMILES string of the molecule is CC1=CCC(C(C)(C)OC2OC(COC3OCC(O)(CO)C3O)C(O)C(O)C2O)CC1.